The molecule has 0 spiro atoms. The van der Waals surface area contributed by atoms with Crippen LogP contribution < -0.4 is 9.47 Å². The molecule has 1 N–H and O–H groups in total. The monoisotopic (exact) mass is 489 g/mol. The Morgan fingerprint density at radius 1 is 1.08 bits per heavy atom. The molecule has 1 saturated heterocycles. The molecule has 3 heterocycles. The number of piperidine rings is 1. The number of carbonyl (C=O) groups excluding carboxylic acids is 2. The third-order valence-electron chi connectivity index (χ3n) is 6.69. The Hall–Kier alpha value is -3.98. The van der Waals surface area contributed by atoms with Gasteiger partial charge in [0.25, 0.3) is 11.8 Å². The summed E-state index contributed by atoms with van der Waals surface area (Å²) in [5.41, 5.74) is 3.53. The fourth-order valence-corrected chi connectivity index (χ4v) is 4.77. The molecule has 9 heteroatoms. The standard InChI is InChI=1S/C27H26FN4O4/c1-35-20-8-5-18(22(13-20)36-2)15-32-23(33)14-21(27(32)34)24-25(16-3-6-19(28)7-4-16)30-31-26(24)17-9-11-29-12-10-17/h3-8,13-14,17H,9-12,15H2,1-2H3,(H,30,31)/q-1. The number of amides is 2. The van der Waals surface area contributed by atoms with Crippen molar-refractivity contribution in [1.82, 2.24) is 15.1 Å². The first-order valence-corrected chi connectivity index (χ1v) is 11.8. The summed E-state index contributed by atoms with van der Waals surface area (Å²) in [6.07, 6.45) is 3.01. The second-order valence-electron chi connectivity index (χ2n) is 8.78. The molecular formula is C27H26FN4O4-. The first-order chi connectivity index (χ1) is 17.5. The third-order valence-corrected chi connectivity index (χ3v) is 6.69. The van der Waals surface area contributed by atoms with Gasteiger partial charge in [-0.1, -0.05) is 12.8 Å². The molecule has 0 bridgehead atoms. The summed E-state index contributed by atoms with van der Waals surface area (Å²) < 4.78 is 24.3. The Bertz CT molecular complexity index is 1330. The van der Waals surface area contributed by atoms with Gasteiger partial charge in [-0.05, 0) is 42.3 Å². The number of H-pyrrole nitrogens is 1. The number of aromatic nitrogens is 2. The number of ether oxygens (including phenoxy) is 2. The van der Waals surface area contributed by atoms with Crippen LogP contribution in [0.1, 0.15) is 35.6 Å². The normalized spacial score (nSPS) is 16.4. The number of methoxy groups -OCH3 is 2. The maximum Gasteiger partial charge on any atom is 0.261 e. The predicted molar refractivity (Wildman–Crippen MR) is 132 cm³/mol. The second kappa shape index (κ2) is 9.94. The van der Waals surface area contributed by atoms with Crippen molar-refractivity contribution in [2.45, 2.75) is 25.3 Å². The molecule has 3 aromatic rings. The average molecular weight is 490 g/mol. The van der Waals surface area contributed by atoms with Crippen LogP contribution in [0.4, 0.5) is 4.39 Å². The zero-order valence-corrected chi connectivity index (χ0v) is 20.1. The van der Waals surface area contributed by atoms with E-state index >= 15 is 0 Å². The van der Waals surface area contributed by atoms with Gasteiger partial charge in [0, 0.05) is 34.5 Å². The van der Waals surface area contributed by atoms with Gasteiger partial charge in [0.15, 0.2) is 0 Å². The van der Waals surface area contributed by atoms with Gasteiger partial charge < -0.3 is 14.8 Å². The molecule has 0 atom stereocenters. The van der Waals surface area contributed by atoms with E-state index < -0.39 is 11.8 Å². The zero-order chi connectivity index (χ0) is 25.2. The molecule has 2 aliphatic heterocycles. The van der Waals surface area contributed by atoms with Gasteiger partial charge in [-0.15, -0.1) is 13.1 Å². The number of aromatic amines is 1. The van der Waals surface area contributed by atoms with Crippen molar-refractivity contribution in [2.24, 2.45) is 0 Å². The summed E-state index contributed by atoms with van der Waals surface area (Å²) in [7, 11) is 3.08. The van der Waals surface area contributed by atoms with Crippen LogP contribution in [-0.4, -0.2) is 54.2 Å². The molecule has 0 radical (unpaired) electrons. The van der Waals surface area contributed by atoms with Gasteiger partial charge in [-0.2, -0.15) is 5.10 Å². The number of imide groups is 1. The molecule has 2 aliphatic rings. The number of nitrogens with one attached hydrogen (secondary N) is 1. The largest absolute Gasteiger partial charge is 0.662 e. The van der Waals surface area contributed by atoms with Gasteiger partial charge in [-0.3, -0.25) is 19.6 Å². The van der Waals surface area contributed by atoms with Crippen LogP contribution in [0, 0.1) is 5.82 Å². The maximum atomic E-state index is 13.7. The lowest BCUT2D eigenvalue weighted by molar-refractivity contribution is -0.137. The predicted octanol–water partition coefficient (Wildman–Crippen LogP) is 4.44. The number of halogens is 1. The Labute approximate surface area is 208 Å². The Morgan fingerprint density at radius 2 is 1.83 bits per heavy atom. The van der Waals surface area contributed by atoms with E-state index in [1.165, 1.54) is 30.2 Å². The van der Waals surface area contributed by atoms with E-state index in [1.807, 2.05) is 0 Å². The molecule has 186 valence electrons. The summed E-state index contributed by atoms with van der Waals surface area (Å²) in [6, 6.07) is 11.2. The van der Waals surface area contributed by atoms with E-state index in [9.17, 15) is 14.0 Å². The van der Waals surface area contributed by atoms with Crippen molar-refractivity contribution in [2.75, 3.05) is 27.3 Å². The summed E-state index contributed by atoms with van der Waals surface area (Å²) in [5, 5.41) is 12.1. The molecule has 0 saturated carbocycles. The molecule has 1 fully saturated rings. The van der Waals surface area contributed by atoms with Crippen LogP contribution in [0.3, 0.4) is 0 Å². The van der Waals surface area contributed by atoms with E-state index in [-0.39, 0.29) is 23.9 Å². The topological polar surface area (TPSA) is 98.6 Å². The molecule has 2 aromatic carbocycles. The van der Waals surface area contributed by atoms with E-state index in [0.29, 0.717) is 33.9 Å². The van der Waals surface area contributed by atoms with Crippen LogP contribution in [-0.2, 0) is 16.1 Å². The summed E-state index contributed by atoms with van der Waals surface area (Å²) in [6.45, 7) is 1.50. The maximum absolute atomic E-state index is 13.7. The Balaban J connectivity index is 1.52. The quantitative estimate of drug-likeness (QED) is 0.495. The van der Waals surface area contributed by atoms with Gasteiger partial charge >= 0.3 is 0 Å². The summed E-state index contributed by atoms with van der Waals surface area (Å²) >= 11 is 0. The van der Waals surface area contributed by atoms with Crippen molar-refractivity contribution in [3.8, 4) is 22.8 Å². The first-order valence-electron chi connectivity index (χ1n) is 11.8. The lowest BCUT2D eigenvalue weighted by Gasteiger charge is -2.31. The van der Waals surface area contributed by atoms with Crippen LogP contribution in [0.25, 0.3) is 22.1 Å². The highest BCUT2D eigenvalue weighted by atomic mass is 19.1. The molecule has 8 nitrogen and oxygen atoms in total. The van der Waals surface area contributed by atoms with E-state index in [4.69, 9.17) is 9.47 Å². The van der Waals surface area contributed by atoms with E-state index in [2.05, 4.69) is 15.5 Å². The smallest absolute Gasteiger partial charge is 0.261 e. The van der Waals surface area contributed by atoms with Crippen molar-refractivity contribution in [1.29, 1.82) is 0 Å². The number of rotatable bonds is 7. The highest BCUT2D eigenvalue weighted by Crippen LogP contribution is 2.40. The Morgan fingerprint density at radius 3 is 2.53 bits per heavy atom. The number of hydrogen-bond donors (Lipinski definition) is 1. The van der Waals surface area contributed by atoms with E-state index in [0.717, 1.165) is 31.6 Å². The average Bonchev–Trinajstić information content (AvgIpc) is 3.46. The van der Waals surface area contributed by atoms with Crippen LogP contribution >= 0.6 is 0 Å². The van der Waals surface area contributed by atoms with Gasteiger partial charge in [0.1, 0.15) is 23.0 Å². The van der Waals surface area contributed by atoms with Crippen molar-refractivity contribution < 1.29 is 23.5 Å². The fourth-order valence-electron chi connectivity index (χ4n) is 4.77. The highest BCUT2D eigenvalue weighted by molar-refractivity contribution is 6.34. The number of hydrogen-bond acceptors (Lipinski definition) is 5. The number of carbonyl (C=O) groups is 2. The van der Waals surface area contributed by atoms with Gasteiger partial charge in [0.05, 0.1) is 26.3 Å². The van der Waals surface area contributed by atoms with Crippen LogP contribution in [0.2, 0.25) is 0 Å². The van der Waals surface area contributed by atoms with Crippen LogP contribution in [0.15, 0.2) is 48.5 Å². The highest BCUT2D eigenvalue weighted by Gasteiger charge is 2.37. The minimum absolute atomic E-state index is 0.0478. The van der Waals surface area contributed by atoms with E-state index in [1.54, 1.807) is 37.4 Å². The molecule has 5 rings (SSSR count). The molecule has 0 unspecified atom stereocenters. The second-order valence-corrected chi connectivity index (χ2v) is 8.78. The molecular weight excluding hydrogens is 463 g/mol. The Kier molecular flexibility index (Phi) is 6.56. The lowest BCUT2D eigenvalue weighted by atomic mass is 9.88. The molecule has 0 aliphatic carbocycles. The minimum Gasteiger partial charge on any atom is -0.662 e. The summed E-state index contributed by atoms with van der Waals surface area (Å²) in [5.74, 6) is 0.0628. The third kappa shape index (κ3) is 4.37. The van der Waals surface area contributed by atoms with Gasteiger partial charge in [0.2, 0.25) is 0 Å². The lowest BCUT2D eigenvalue weighted by Crippen LogP contribution is -2.30. The van der Waals surface area contributed by atoms with Crippen LogP contribution in [0.5, 0.6) is 11.5 Å². The number of nitrogens with zero attached hydrogens (tertiary/aromatic N) is 3. The SMILES string of the molecule is COc1ccc(CN2C(=O)C=C(c3c(-c4ccc(F)cc4)n[nH]c3C3CC[N-]CC3)C2=O)c(OC)c1. The number of benzene rings is 2. The van der Waals surface area contributed by atoms with Gasteiger partial charge in [-0.25, -0.2) is 4.39 Å². The van der Waals surface area contributed by atoms with Crippen molar-refractivity contribution in [3.05, 3.63) is 76.5 Å². The fraction of sp³-hybridized carbons (Fsp3) is 0.296. The molecule has 2 amide bonds. The molecule has 1 aromatic heterocycles. The minimum atomic E-state index is -0.413. The first kappa shape index (κ1) is 23.7. The zero-order valence-electron chi connectivity index (χ0n) is 20.1. The van der Waals surface area contributed by atoms with Crippen molar-refractivity contribution >= 4 is 17.4 Å². The summed E-state index contributed by atoms with van der Waals surface area (Å²) in [4.78, 5) is 27.9. The molecule has 36 heavy (non-hydrogen) atoms. The van der Waals surface area contributed by atoms with Crippen molar-refractivity contribution in [3.63, 3.8) is 0 Å².